The van der Waals surface area contributed by atoms with Gasteiger partial charge in [0.1, 0.15) is 17.0 Å². The van der Waals surface area contributed by atoms with Crippen molar-refractivity contribution in [3.63, 3.8) is 0 Å². The predicted octanol–water partition coefficient (Wildman–Crippen LogP) is 3.24. The minimum atomic E-state index is 0.271. The Morgan fingerprint density at radius 2 is 2.15 bits per heavy atom. The van der Waals surface area contributed by atoms with E-state index < -0.39 is 0 Å². The Bertz CT molecular complexity index is 1060. The number of rotatable bonds is 3. The molecule has 0 bridgehead atoms. The quantitative estimate of drug-likeness (QED) is 0.586. The molecule has 1 fully saturated rings. The largest absolute Gasteiger partial charge is 0.377 e. The number of aromatic amines is 2. The van der Waals surface area contributed by atoms with Gasteiger partial charge in [0, 0.05) is 41.8 Å². The van der Waals surface area contributed by atoms with Crippen molar-refractivity contribution >= 4 is 16.7 Å². The Morgan fingerprint density at radius 1 is 1.19 bits per heavy atom. The monoisotopic (exact) mass is 360 g/mol. The van der Waals surface area contributed by atoms with Gasteiger partial charge in [0.2, 0.25) is 0 Å². The maximum atomic E-state index is 5.60. The van der Waals surface area contributed by atoms with E-state index in [-0.39, 0.29) is 6.04 Å². The fraction of sp³-hybridized carbons (Fsp3) is 0.250. The number of hydrogen-bond donors (Lipinski definition) is 2. The number of nitrogens with one attached hydrogen (secondary N) is 2. The molecule has 2 N–H and O–H groups in total. The summed E-state index contributed by atoms with van der Waals surface area (Å²) < 4.78 is 5.60. The van der Waals surface area contributed by atoms with Crippen molar-refractivity contribution in [2.45, 2.75) is 13.0 Å². The van der Waals surface area contributed by atoms with E-state index in [9.17, 15) is 0 Å². The second-order valence-corrected chi connectivity index (χ2v) is 6.76. The Kier molecular flexibility index (Phi) is 3.86. The molecule has 5 rings (SSSR count). The average Bonchev–Trinajstić information content (AvgIpc) is 3.41. The summed E-state index contributed by atoms with van der Waals surface area (Å²) in [5.41, 5.74) is 4.70. The summed E-state index contributed by atoms with van der Waals surface area (Å²) in [5, 5.41) is 8.15. The highest BCUT2D eigenvalue weighted by Crippen LogP contribution is 2.34. The molecule has 7 nitrogen and oxygen atoms in total. The van der Waals surface area contributed by atoms with Crippen LogP contribution in [0.25, 0.3) is 33.5 Å². The first-order chi connectivity index (χ1) is 13.3. The van der Waals surface area contributed by atoms with Gasteiger partial charge in [-0.1, -0.05) is 0 Å². The van der Waals surface area contributed by atoms with Crippen LogP contribution in [0.1, 0.15) is 6.92 Å². The van der Waals surface area contributed by atoms with Crippen molar-refractivity contribution < 1.29 is 4.74 Å². The van der Waals surface area contributed by atoms with Crippen LogP contribution in [-0.4, -0.2) is 50.9 Å². The molecule has 0 aromatic carbocycles. The highest BCUT2D eigenvalue weighted by molar-refractivity contribution is 6.01. The second-order valence-electron chi connectivity index (χ2n) is 6.76. The summed E-state index contributed by atoms with van der Waals surface area (Å²) in [7, 11) is 0. The van der Waals surface area contributed by atoms with Crippen LogP contribution in [0.4, 0.5) is 5.82 Å². The number of H-pyrrole nitrogens is 2. The molecule has 0 spiro atoms. The zero-order valence-corrected chi connectivity index (χ0v) is 15.0. The molecule has 0 aliphatic carbocycles. The van der Waals surface area contributed by atoms with E-state index in [1.54, 1.807) is 6.20 Å². The Balaban J connectivity index is 1.78. The molecule has 5 heterocycles. The Morgan fingerprint density at radius 3 is 2.93 bits per heavy atom. The molecule has 1 atom stereocenters. The Labute approximate surface area is 156 Å². The van der Waals surface area contributed by atoms with Gasteiger partial charge >= 0.3 is 0 Å². The number of morpholine rings is 1. The summed E-state index contributed by atoms with van der Waals surface area (Å²) in [6.07, 6.45) is 5.49. The lowest BCUT2D eigenvalue weighted by Gasteiger charge is -2.34. The topological polar surface area (TPSA) is 82.7 Å². The third-order valence-electron chi connectivity index (χ3n) is 5.02. The number of hydrogen-bond acceptors (Lipinski definition) is 5. The molecular formula is C20H20N6O. The molecule has 136 valence electrons. The van der Waals surface area contributed by atoms with Crippen molar-refractivity contribution in [3.05, 3.63) is 48.9 Å². The highest BCUT2D eigenvalue weighted by Gasteiger charge is 2.23. The second kappa shape index (κ2) is 6.51. The average molecular weight is 360 g/mol. The van der Waals surface area contributed by atoms with Gasteiger partial charge in [0.05, 0.1) is 24.9 Å². The molecule has 1 aliphatic rings. The molecule has 4 aromatic heterocycles. The number of nitrogens with zero attached hydrogens (tertiary/aromatic N) is 4. The smallest absolute Gasteiger partial charge is 0.130 e. The molecular weight excluding hydrogens is 340 g/mol. The van der Waals surface area contributed by atoms with Crippen LogP contribution in [0.3, 0.4) is 0 Å². The maximum Gasteiger partial charge on any atom is 0.130 e. The third-order valence-corrected chi connectivity index (χ3v) is 5.02. The summed E-state index contributed by atoms with van der Waals surface area (Å²) in [4.78, 5) is 15.2. The van der Waals surface area contributed by atoms with Gasteiger partial charge in [-0.15, -0.1) is 0 Å². The van der Waals surface area contributed by atoms with E-state index in [0.29, 0.717) is 13.2 Å². The minimum absolute atomic E-state index is 0.271. The predicted molar refractivity (Wildman–Crippen MR) is 105 cm³/mol. The van der Waals surface area contributed by atoms with E-state index in [1.807, 2.05) is 30.6 Å². The Hall–Kier alpha value is -3.19. The first-order valence-electron chi connectivity index (χ1n) is 9.09. The SMILES string of the molecule is C[C@@H]1COCCN1c1cc(-c2ccc[nH]2)c2ccnc(-c3ccn[nH]3)c2n1. The van der Waals surface area contributed by atoms with E-state index >= 15 is 0 Å². The molecule has 0 radical (unpaired) electrons. The first-order valence-corrected chi connectivity index (χ1v) is 9.09. The van der Waals surface area contributed by atoms with Crippen LogP contribution in [-0.2, 0) is 4.74 Å². The van der Waals surface area contributed by atoms with Gasteiger partial charge in [0.25, 0.3) is 0 Å². The number of pyridine rings is 2. The van der Waals surface area contributed by atoms with Crippen molar-refractivity contribution in [2.24, 2.45) is 0 Å². The lowest BCUT2D eigenvalue weighted by molar-refractivity contribution is 0.0986. The summed E-state index contributed by atoms with van der Waals surface area (Å²) in [6, 6.07) is 10.5. The molecule has 0 saturated carbocycles. The van der Waals surface area contributed by atoms with Crippen LogP contribution >= 0.6 is 0 Å². The molecule has 1 saturated heterocycles. The molecule has 1 aliphatic heterocycles. The van der Waals surface area contributed by atoms with E-state index in [1.165, 1.54) is 0 Å². The molecule has 0 unspecified atom stereocenters. The van der Waals surface area contributed by atoms with Crippen LogP contribution in [0.2, 0.25) is 0 Å². The number of fused-ring (bicyclic) bond motifs is 1. The summed E-state index contributed by atoms with van der Waals surface area (Å²) in [5.74, 6) is 0.941. The lowest BCUT2D eigenvalue weighted by Crippen LogP contribution is -2.44. The van der Waals surface area contributed by atoms with Crippen LogP contribution in [0.15, 0.2) is 48.9 Å². The lowest BCUT2D eigenvalue weighted by atomic mass is 10.0. The highest BCUT2D eigenvalue weighted by atomic mass is 16.5. The van der Waals surface area contributed by atoms with Crippen LogP contribution in [0.5, 0.6) is 0 Å². The molecule has 4 aromatic rings. The zero-order chi connectivity index (χ0) is 18.2. The fourth-order valence-electron chi connectivity index (χ4n) is 3.66. The molecule has 7 heteroatoms. The van der Waals surface area contributed by atoms with E-state index in [0.717, 1.165) is 45.9 Å². The van der Waals surface area contributed by atoms with Gasteiger partial charge in [-0.25, -0.2) is 4.98 Å². The molecule has 0 amide bonds. The van der Waals surface area contributed by atoms with Crippen molar-refractivity contribution in [2.75, 3.05) is 24.7 Å². The zero-order valence-electron chi connectivity index (χ0n) is 15.0. The third kappa shape index (κ3) is 2.76. The van der Waals surface area contributed by atoms with Crippen molar-refractivity contribution in [1.29, 1.82) is 0 Å². The van der Waals surface area contributed by atoms with Crippen LogP contribution < -0.4 is 4.90 Å². The maximum absolute atomic E-state index is 5.60. The minimum Gasteiger partial charge on any atom is -0.377 e. The standard InChI is InChI=1S/C20H20N6O/c1-13-12-27-10-9-26(13)18-11-15(16-3-2-6-21-16)14-4-7-22-20(19(14)24-18)17-5-8-23-25-17/h2-8,11,13,21H,9-10,12H2,1H3,(H,23,25)/t13-/m1/s1. The number of aromatic nitrogens is 5. The van der Waals surface area contributed by atoms with Gasteiger partial charge in [-0.2, -0.15) is 5.10 Å². The number of ether oxygens (including phenoxy) is 1. The van der Waals surface area contributed by atoms with E-state index in [4.69, 9.17) is 9.72 Å². The first kappa shape index (κ1) is 16.0. The van der Waals surface area contributed by atoms with Crippen molar-refractivity contribution in [3.8, 4) is 22.6 Å². The van der Waals surface area contributed by atoms with Gasteiger partial charge in [-0.05, 0) is 37.3 Å². The van der Waals surface area contributed by atoms with Crippen molar-refractivity contribution in [1.82, 2.24) is 25.1 Å². The summed E-state index contributed by atoms with van der Waals surface area (Å²) >= 11 is 0. The normalized spacial score (nSPS) is 17.5. The van der Waals surface area contributed by atoms with Gasteiger partial charge in [0.15, 0.2) is 0 Å². The number of anilines is 1. The summed E-state index contributed by atoms with van der Waals surface area (Å²) in [6.45, 7) is 4.40. The van der Waals surface area contributed by atoms with E-state index in [2.05, 4.69) is 44.1 Å². The van der Waals surface area contributed by atoms with Gasteiger partial charge < -0.3 is 14.6 Å². The molecule has 27 heavy (non-hydrogen) atoms. The van der Waals surface area contributed by atoms with Crippen LogP contribution in [0, 0.1) is 0 Å². The van der Waals surface area contributed by atoms with Gasteiger partial charge in [-0.3, -0.25) is 10.1 Å². The fourth-order valence-corrected chi connectivity index (χ4v) is 3.66.